The van der Waals surface area contributed by atoms with E-state index in [1.54, 1.807) is 0 Å². The number of fused-ring (bicyclic) bond motifs is 1. The molecular weight excluding hydrogens is 409 g/mol. The third-order valence-corrected chi connectivity index (χ3v) is 5.24. The van der Waals surface area contributed by atoms with Crippen molar-refractivity contribution in [2.45, 2.75) is 16.3 Å². The second-order valence-electron chi connectivity index (χ2n) is 4.67. The minimum absolute atomic E-state index is 0.0507. The Hall–Kier alpha value is -1.20. The van der Waals surface area contributed by atoms with Crippen LogP contribution in [0.25, 0.3) is 0 Å². The third-order valence-electron chi connectivity index (χ3n) is 3.20. The second-order valence-corrected chi connectivity index (χ2v) is 7.21. The minimum atomic E-state index is -1.56. The predicted octanol–water partition coefficient (Wildman–Crippen LogP) is 0.490. The van der Waals surface area contributed by atoms with Crippen molar-refractivity contribution in [1.29, 1.82) is 0 Å². The number of hydrogen-bond donors (Lipinski definition) is 2. The molecule has 0 aliphatic carbocycles. The Morgan fingerprint density at radius 2 is 2.08 bits per heavy atom. The van der Waals surface area contributed by atoms with Crippen LogP contribution < -0.4 is 5.73 Å². The van der Waals surface area contributed by atoms with E-state index in [2.05, 4.69) is 0 Å². The van der Waals surface area contributed by atoms with Crippen LogP contribution >= 0.6 is 46.7 Å². The van der Waals surface area contributed by atoms with Gasteiger partial charge in [0.15, 0.2) is 4.84 Å². The molecule has 0 aromatic carbocycles. The molecule has 9 nitrogen and oxygen atoms in total. The zero-order chi connectivity index (χ0) is 18.2. The van der Waals surface area contributed by atoms with Crippen LogP contribution in [-0.2, 0) is 19.1 Å². The Morgan fingerprint density at radius 3 is 2.62 bits per heavy atom. The number of rotatable bonds is 4. The van der Waals surface area contributed by atoms with Gasteiger partial charge in [0.05, 0.1) is 0 Å². The van der Waals surface area contributed by atoms with Crippen molar-refractivity contribution in [2.24, 2.45) is 5.73 Å². The van der Waals surface area contributed by atoms with Crippen molar-refractivity contribution in [1.82, 2.24) is 9.32 Å². The number of nitrogens with two attached hydrogens (primary N) is 1. The number of carboxylic acids is 1. The van der Waals surface area contributed by atoms with E-state index < -0.39 is 46.7 Å². The summed E-state index contributed by atoms with van der Waals surface area (Å²) in [6, 6.07) is -0.770. The molecule has 2 heterocycles. The molecule has 3 N–H and O–H groups in total. The first-order valence-electron chi connectivity index (χ1n) is 6.27. The fraction of sp³-hybridized carbons (Fsp3) is 0.455. The molecule has 2 rings (SSSR count). The molecule has 0 saturated carbocycles. The van der Waals surface area contributed by atoms with Crippen LogP contribution in [0.4, 0.5) is 4.79 Å². The normalized spacial score (nSPS) is 22.9. The van der Waals surface area contributed by atoms with Crippen LogP contribution in [0.3, 0.4) is 0 Å². The molecule has 13 heteroatoms. The van der Waals surface area contributed by atoms with Gasteiger partial charge in [0.2, 0.25) is 5.91 Å². The molecule has 2 aliphatic heterocycles. The van der Waals surface area contributed by atoms with E-state index >= 15 is 0 Å². The zero-order valence-corrected chi connectivity index (χ0v) is 14.7. The van der Waals surface area contributed by atoms with Crippen LogP contribution in [0.2, 0.25) is 0 Å². The Bertz CT molecular complexity index is 642. The molecule has 132 valence electrons. The maximum absolute atomic E-state index is 11.7. The van der Waals surface area contributed by atoms with Gasteiger partial charge in [-0.05, 0) is 0 Å². The summed E-state index contributed by atoms with van der Waals surface area (Å²) >= 11 is 17.2. The molecule has 1 fully saturated rings. The number of thioether (sulfide) groups is 1. The number of amides is 3. The van der Waals surface area contributed by atoms with Gasteiger partial charge in [-0.1, -0.05) is 23.2 Å². The van der Waals surface area contributed by atoms with Gasteiger partial charge in [-0.3, -0.25) is 14.5 Å². The van der Waals surface area contributed by atoms with Gasteiger partial charge < -0.3 is 15.6 Å². The first-order valence-corrected chi connectivity index (χ1v) is 8.53. The van der Waals surface area contributed by atoms with Gasteiger partial charge in [0.1, 0.15) is 23.7 Å². The number of carbonyl (C=O) groups excluding carboxylic acids is 3. The second kappa shape index (κ2) is 7.36. The standard InChI is InChI=1S/C11H10Cl3N3O6S/c12-6(13)8(19)17(14)11(22)23-1-3-2-24-9-4(15)7(18)16(9)5(3)10(20)21/h4,6,9H,1-2,15H2,(H,20,21)/t4?,9-/m0/s1. The molecule has 24 heavy (non-hydrogen) atoms. The van der Waals surface area contributed by atoms with E-state index in [9.17, 15) is 24.3 Å². The summed E-state index contributed by atoms with van der Waals surface area (Å²) in [5, 5.41) is 8.83. The van der Waals surface area contributed by atoms with E-state index in [1.807, 2.05) is 0 Å². The summed E-state index contributed by atoms with van der Waals surface area (Å²) in [6.07, 6.45) is -1.27. The average molecular weight is 419 g/mol. The van der Waals surface area contributed by atoms with Gasteiger partial charge in [-0.15, -0.1) is 11.8 Å². The van der Waals surface area contributed by atoms with Crippen LogP contribution in [0.15, 0.2) is 11.3 Å². The molecule has 0 radical (unpaired) electrons. The number of aliphatic carboxylic acids is 1. The molecule has 1 saturated heterocycles. The summed E-state index contributed by atoms with van der Waals surface area (Å²) in [6.45, 7) is -0.481. The number of nitrogens with zero attached hydrogens (tertiary/aromatic N) is 2. The predicted molar refractivity (Wildman–Crippen MR) is 85.3 cm³/mol. The van der Waals surface area contributed by atoms with Crippen molar-refractivity contribution in [2.75, 3.05) is 12.4 Å². The molecule has 0 bridgehead atoms. The largest absolute Gasteiger partial charge is 0.477 e. The maximum Gasteiger partial charge on any atom is 0.432 e. The van der Waals surface area contributed by atoms with Gasteiger partial charge in [0, 0.05) is 23.1 Å². The van der Waals surface area contributed by atoms with E-state index in [-0.39, 0.29) is 21.4 Å². The number of carbonyl (C=O) groups is 4. The average Bonchev–Trinajstić information content (AvgIpc) is 2.56. The summed E-state index contributed by atoms with van der Waals surface area (Å²) < 4.78 is 4.83. The number of ether oxygens (including phenoxy) is 1. The highest BCUT2D eigenvalue weighted by Gasteiger charge is 2.51. The van der Waals surface area contributed by atoms with E-state index in [0.717, 1.165) is 4.90 Å². The molecular formula is C11H10Cl3N3O6S. The molecule has 1 unspecified atom stereocenters. The van der Waals surface area contributed by atoms with E-state index in [4.69, 9.17) is 45.4 Å². The van der Waals surface area contributed by atoms with Crippen molar-refractivity contribution < 1.29 is 29.0 Å². The Morgan fingerprint density at radius 1 is 1.46 bits per heavy atom. The van der Waals surface area contributed by atoms with E-state index in [0.29, 0.717) is 0 Å². The van der Waals surface area contributed by atoms with Gasteiger partial charge in [0.25, 0.3) is 5.91 Å². The SMILES string of the molecule is NC1C(=O)N2C(C(=O)O)=C(COC(=O)N(Cl)C(=O)C(Cl)Cl)CS[C@@H]12. The fourth-order valence-electron chi connectivity index (χ4n) is 2.07. The third kappa shape index (κ3) is 3.42. The molecule has 2 atom stereocenters. The summed E-state index contributed by atoms with van der Waals surface area (Å²) in [5.41, 5.74) is 5.48. The molecule has 2 aliphatic rings. The van der Waals surface area contributed by atoms with Gasteiger partial charge >= 0.3 is 12.1 Å². The smallest absolute Gasteiger partial charge is 0.432 e. The highest BCUT2D eigenvalue weighted by Crippen LogP contribution is 2.39. The van der Waals surface area contributed by atoms with Crippen LogP contribution in [0, 0.1) is 0 Å². The summed E-state index contributed by atoms with van der Waals surface area (Å²) in [4.78, 5) is 45.6. The number of hydrogen-bond acceptors (Lipinski definition) is 7. The highest BCUT2D eigenvalue weighted by atomic mass is 35.5. The van der Waals surface area contributed by atoms with Crippen molar-refractivity contribution in [3.63, 3.8) is 0 Å². The summed E-state index contributed by atoms with van der Waals surface area (Å²) in [5.74, 6) is -2.82. The molecule has 0 spiro atoms. The molecule has 0 aromatic rings. The lowest BCUT2D eigenvalue weighted by atomic mass is 10.0. The number of carboxylic acid groups (broad SMARTS) is 1. The minimum Gasteiger partial charge on any atom is -0.477 e. The molecule has 3 amide bonds. The lowest BCUT2D eigenvalue weighted by molar-refractivity contribution is -0.148. The zero-order valence-electron chi connectivity index (χ0n) is 11.6. The van der Waals surface area contributed by atoms with Crippen LogP contribution in [0.5, 0.6) is 0 Å². The van der Waals surface area contributed by atoms with Gasteiger partial charge in [-0.25, -0.2) is 9.59 Å². The molecule has 0 aromatic heterocycles. The monoisotopic (exact) mass is 417 g/mol. The number of alkyl halides is 2. The van der Waals surface area contributed by atoms with Crippen LogP contribution in [0.1, 0.15) is 0 Å². The van der Waals surface area contributed by atoms with Crippen molar-refractivity contribution in [3.05, 3.63) is 11.3 Å². The first-order chi connectivity index (χ1) is 11.2. The lowest BCUT2D eigenvalue weighted by Crippen LogP contribution is -2.68. The van der Waals surface area contributed by atoms with E-state index in [1.165, 1.54) is 11.8 Å². The Labute approximate surface area is 154 Å². The number of β-lactam (4-membered cyclic amide) rings is 1. The Kier molecular flexibility index (Phi) is 5.87. The van der Waals surface area contributed by atoms with Crippen molar-refractivity contribution in [3.8, 4) is 0 Å². The summed E-state index contributed by atoms with van der Waals surface area (Å²) in [7, 11) is 0. The Balaban J connectivity index is 2.10. The highest BCUT2D eigenvalue weighted by molar-refractivity contribution is 8.00. The van der Waals surface area contributed by atoms with Crippen molar-refractivity contribution >= 4 is 70.6 Å². The van der Waals surface area contributed by atoms with Crippen LogP contribution in [-0.4, -0.2) is 66.9 Å². The fourth-order valence-corrected chi connectivity index (χ4v) is 3.79. The van der Waals surface area contributed by atoms with Gasteiger partial charge in [-0.2, -0.15) is 4.42 Å². The first kappa shape index (κ1) is 19.1. The number of imide groups is 1. The lowest BCUT2D eigenvalue weighted by Gasteiger charge is -2.47. The number of halogens is 3. The maximum atomic E-state index is 11.7. The quantitative estimate of drug-likeness (QED) is 0.383. The topological polar surface area (TPSA) is 130 Å².